The summed E-state index contributed by atoms with van der Waals surface area (Å²) in [6, 6.07) is 20.8. The van der Waals surface area contributed by atoms with Gasteiger partial charge in [0.2, 0.25) is 0 Å². The number of aldehydes is 1. The Kier molecular flexibility index (Phi) is 5.81. The van der Waals surface area contributed by atoms with Crippen molar-refractivity contribution in [3.05, 3.63) is 104 Å². The van der Waals surface area contributed by atoms with Crippen molar-refractivity contribution < 1.29 is 4.79 Å². The van der Waals surface area contributed by atoms with Crippen molar-refractivity contribution in [2.75, 3.05) is 5.32 Å². The van der Waals surface area contributed by atoms with Crippen LogP contribution in [0.3, 0.4) is 0 Å². The molecule has 0 atom stereocenters. The molecule has 8 heteroatoms. The molecule has 0 saturated carbocycles. The summed E-state index contributed by atoms with van der Waals surface area (Å²) in [6.07, 6.45) is 2.58. The molecule has 0 unspecified atom stereocenters. The summed E-state index contributed by atoms with van der Waals surface area (Å²) in [5.74, 6) is 0.710. The van der Waals surface area contributed by atoms with Gasteiger partial charge in [-0.1, -0.05) is 48.0 Å². The normalized spacial score (nSPS) is 11.1. The van der Waals surface area contributed by atoms with E-state index in [-0.39, 0.29) is 5.56 Å². The molecule has 2 aromatic carbocycles. The number of nitrogens with one attached hydrogen (secondary N) is 2. The van der Waals surface area contributed by atoms with Crippen LogP contribution in [0.15, 0.2) is 77.7 Å². The second-order valence-corrected chi connectivity index (χ2v) is 9.36. The molecular weight excluding hydrogens is 456 g/mol. The number of halogens is 1. The van der Waals surface area contributed by atoms with E-state index in [0.29, 0.717) is 35.7 Å². The van der Waals surface area contributed by atoms with Crippen LogP contribution in [0.1, 0.15) is 20.8 Å². The number of carbonyl (C=O) groups is 1. The van der Waals surface area contributed by atoms with E-state index in [1.54, 1.807) is 16.8 Å². The fourth-order valence-electron chi connectivity index (χ4n) is 3.84. The monoisotopic (exact) mass is 474 g/mol. The zero-order valence-electron chi connectivity index (χ0n) is 17.4. The zero-order valence-corrected chi connectivity index (χ0v) is 19.0. The highest BCUT2D eigenvalue weighted by Gasteiger charge is 2.13. The fraction of sp³-hybridized carbons (Fsp3) is 0.0800. The Hall–Kier alpha value is -3.68. The highest BCUT2D eigenvalue weighted by Crippen LogP contribution is 2.24. The predicted molar refractivity (Wildman–Crippen MR) is 133 cm³/mol. The number of pyridine rings is 1. The molecule has 0 spiro atoms. The van der Waals surface area contributed by atoms with E-state index in [1.807, 2.05) is 60.7 Å². The Morgan fingerprint density at radius 2 is 1.97 bits per heavy atom. The lowest BCUT2D eigenvalue weighted by Gasteiger charge is -2.11. The summed E-state index contributed by atoms with van der Waals surface area (Å²) in [6.45, 7) is 0.898. The molecule has 0 aliphatic heterocycles. The molecule has 3 heterocycles. The third-order valence-electron chi connectivity index (χ3n) is 5.48. The van der Waals surface area contributed by atoms with E-state index in [4.69, 9.17) is 11.6 Å². The van der Waals surface area contributed by atoms with Gasteiger partial charge in [0, 0.05) is 22.7 Å². The first kappa shape index (κ1) is 21.2. The van der Waals surface area contributed by atoms with Crippen molar-refractivity contribution in [3.63, 3.8) is 0 Å². The van der Waals surface area contributed by atoms with Gasteiger partial charge in [-0.05, 0) is 40.6 Å². The van der Waals surface area contributed by atoms with Crippen molar-refractivity contribution in [3.8, 4) is 11.3 Å². The molecule has 5 aromatic rings. The molecule has 164 valence electrons. The Bertz CT molecular complexity index is 1520. The lowest BCUT2D eigenvalue weighted by molar-refractivity contribution is 0.112. The van der Waals surface area contributed by atoms with Crippen LogP contribution in [0, 0.1) is 0 Å². The molecule has 3 aromatic heterocycles. The maximum absolute atomic E-state index is 13.2. The fourth-order valence-corrected chi connectivity index (χ4v) is 4.86. The molecule has 6 nitrogen and oxygen atoms in total. The van der Waals surface area contributed by atoms with Crippen LogP contribution < -0.4 is 10.9 Å². The minimum Gasteiger partial charge on any atom is -0.366 e. The van der Waals surface area contributed by atoms with E-state index < -0.39 is 0 Å². The van der Waals surface area contributed by atoms with E-state index in [0.717, 1.165) is 31.8 Å². The summed E-state index contributed by atoms with van der Waals surface area (Å²) in [5, 5.41) is 12.4. The second-order valence-electron chi connectivity index (χ2n) is 7.56. The van der Waals surface area contributed by atoms with Gasteiger partial charge in [-0.25, -0.2) is 0 Å². The summed E-state index contributed by atoms with van der Waals surface area (Å²) in [4.78, 5) is 26.2. The number of hydrogen-bond acceptors (Lipinski definition) is 5. The predicted octanol–water partition coefficient (Wildman–Crippen LogP) is 5.58. The average Bonchev–Trinajstić information content (AvgIpc) is 3.47. The number of thiophene rings is 1. The van der Waals surface area contributed by atoms with Crippen LogP contribution in [0.4, 0.5) is 5.82 Å². The maximum Gasteiger partial charge on any atom is 0.260 e. The quantitative estimate of drug-likeness (QED) is 0.302. The van der Waals surface area contributed by atoms with Gasteiger partial charge in [0.05, 0.1) is 28.7 Å². The van der Waals surface area contributed by atoms with Crippen LogP contribution in [0.25, 0.3) is 22.0 Å². The van der Waals surface area contributed by atoms with Crippen LogP contribution in [-0.2, 0) is 13.1 Å². The summed E-state index contributed by atoms with van der Waals surface area (Å²) in [5.41, 5.74) is 2.25. The number of aromatic nitrogens is 3. The van der Waals surface area contributed by atoms with Crippen LogP contribution >= 0.6 is 22.9 Å². The largest absolute Gasteiger partial charge is 0.366 e. The molecule has 5 rings (SSSR count). The first-order valence-electron chi connectivity index (χ1n) is 10.3. The summed E-state index contributed by atoms with van der Waals surface area (Å²) >= 11 is 7.49. The first-order chi connectivity index (χ1) is 16.1. The van der Waals surface area contributed by atoms with Gasteiger partial charge in [-0.15, -0.1) is 11.3 Å². The number of benzene rings is 2. The second kappa shape index (κ2) is 9.05. The van der Waals surface area contributed by atoms with Crippen molar-refractivity contribution in [1.29, 1.82) is 0 Å². The van der Waals surface area contributed by atoms with Gasteiger partial charge in [0.15, 0.2) is 6.29 Å². The maximum atomic E-state index is 13.2. The van der Waals surface area contributed by atoms with Gasteiger partial charge in [-0.2, -0.15) is 5.10 Å². The Morgan fingerprint density at radius 3 is 2.79 bits per heavy atom. The number of H-pyrrole nitrogens is 1. The standard InChI is InChI=1S/C25H19ClN4O2S/c26-23-10-9-18(33-23)13-27-24-12-22(28-29-24)20-6-3-11-30(25(20)32)14-17-8-7-16-4-1-2-5-19(16)21(17)15-31/h1-12,15H,13-14H2,(H2,27,28,29). The smallest absolute Gasteiger partial charge is 0.260 e. The Morgan fingerprint density at radius 1 is 1.09 bits per heavy atom. The molecule has 0 amide bonds. The number of hydrogen-bond donors (Lipinski definition) is 2. The number of rotatable bonds is 7. The van der Waals surface area contributed by atoms with Gasteiger partial charge in [-0.3, -0.25) is 14.7 Å². The Labute approximate surface area is 198 Å². The summed E-state index contributed by atoms with van der Waals surface area (Å²) < 4.78 is 2.34. The minimum atomic E-state index is -0.175. The van der Waals surface area contributed by atoms with Gasteiger partial charge in [0.1, 0.15) is 5.82 Å². The molecule has 0 bridgehead atoms. The van der Waals surface area contributed by atoms with Gasteiger partial charge < -0.3 is 9.88 Å². The van der Waals surface area contributed by atoms with Gasteiger partial charge >= 0.3 is 0 Å². The zero-order chi connectivity index (χ0) is 22.8. The Balaban J connectivity index is 1.41. The molecule has 33 heavy (non-hydrogen) atoms. The van der Waals surface area contributed by atoms with Crippen molar-refractivity contribution in [2.24, 2.45) is 0 Å². The molecule has 0 saturated heterocycles. The van der Waals surface area contributed by atoms with E-state index in [9.17, 15) is 9.59 Å². The third-order valence-corrected chi connectivity index (χ3v) is 6.71. The number of nitrogens with zero attached hydrogens (tertiary/aromatic N) is 2. The highest BCUT2D eigenvalue weighted by atomic mass is 35.5. The molecule has 0 aliphatic rings. The van der Waals surface area contributed by atoms with Crippen LogP contribution in [0.5, 0.6) is 0 Å². The minimum absolute atomic E-state index is 0.175. The van der Waals surface area contributed by atoms with E-state index in [2.05, 4.69) is 15.5 Å². The highest BCUT2D eigenvalue weighted by molar-refractivity contribution is 7.16. The molecule has 0 fully saturated rings. The first-order valence-corrected chi connectivity index (χ1v) is 11.5. The lowest BCUT2D eigenvalue weighted by atomic mass is 9.99. The van der Waals surface area contributed by atoms with Crippen LogP contribution in [-0.4, -0.2) is 21.1 Å². The van der Waals surface area contributed by atoms with Crippen molar-refractivity contribution in [1.82, 2.24) is 14.8 Å². The molecule has 2 N–H and O–H groups in total. The third kappa shape index (κ3) is 4.33. The van der Waals surface area contributed by atoms with Crippen LogP contribution in [0.2, 0.25) is 4.34 Å². The molecule has 0 radical (unpaired) electrons. The molecular formula is C25H19ClN4O2S. The lowest BCUT2D eigenvalue weighted by Crippen LogP contribution is -2.22. The number of aromatic amines is 1. The number of fused-ring (bicyclic) bond motifs is 1. The SMILES string of the molecule is O=Cc1c(Cn2cccc(-c3cc(NCc4ccc(Cl)s4)[nH]n3)c2=O)ccc2ccccc12. The van der Waals surface area contributed by atoms with Crippen molar-refractivity contribution >= 4 is 45.8 Å². The van der Waals surface area contributed by atoms with Crippen molar-refractivity contribution in [2.45, 2.75) is 13.1 Å². The number of anilines is 1. The van der Waals surface area contributed by atoms with E-state index in [1.165, 1.54) is 11.3 Å². The van der Waals surface area contributed by atoms with Gasteiger partial charge in [0.25, 0.3) is 5.56 Å². The summed E-state index contributed by atoms with van der Waals surface area (Å²) in [7, 11) is 0. The topological polar surface area (TPSA) is 79.8 Å². The molecule has 0 aliphatic carbocycles. The number of carbonyl (C=O) groups excluding carboxylic acids is 1. The van der Waals surface area contributed by atoms with E-state index >= 15 is 0 Å². The average molecular weight is 475 g/mol.